The van der Waals surface area contributed by atoms with E-state index in [0.717, 1.165) is 18.4 Å². The van der Waals surface area contributed by atoms with Gasteiger partial charge in [0.2, 0.25) is 0 Å². The molecule has 0 aliphatic heterocycles. The van der Waals surface area contributed by atoms with Gasteiger partial charge in [0.05, 0.1) is 5.92 Å². The lowest BCUT2D eigenvalue weighted by atomic mass is 9.93. The quantitative estimate of drug-likeness (QED) is 0.811. The second kappa shape index (κ2) is 7.84. The summed E-state index contributed by atoms with van der Waals surface area (Å²) in [6, 6.07) is 17.6. The van der Waals surface area contributed by atoms with Crippen LogP contribution in [0.2, 0.25) is 5.02 Å². The van der Waals surface area contributed by atoms with Crippen LogP contribution in [0.3, 0.4) is 0 Å². The van der Waals surface area contributed by atoms with Gasteiger partial charge in [-0.05, 0) is 42.9 Å². The molecule has 1 N–H and O–H groups in total. The van der Waals surface area contributed by atoms with Crippen molar-refractivity contribution in [2.75, 3.05) is 0 Å². The minimum atomic E-state index is -0.747. The van der Waals surface area contributed by atoms with Crippen molar-refractivity contribution in [2.24, 2.45) is 5.92 Å². The monoisotopic (exact) mass is 302 g/mol. The smallest absolute Gasteiger partial charge is 0.306 e. The van der Waals surface area contributed by atoms with Crippen LogP contribution < -0.4 is 0 Å². The van der Waals surface area contributed by atoms with Crippen LogP contribution in [0, 0.1) is 5.92 Å². The largest absolute Gasteiger partial charge is 0.481 e. The molecule has 0 fully saturated rings. The third kappa shape index (κ3) is 4.91. The lowest BCUT2D eigenvalue weighted by molar-refractivity contribution is -0.141. The van der Waals surface area contributed by atoms with Gasteiger partial charge in [-0.15, -0.1) is 0 Å². The molecule has 0 radical (unpaired) electrons. The van der Waals surface area contributed by atoms with E-state index in [4.69, 9.17) is 11.6 Å². The summed E-state index contributed by atoms with van der Waals surface area (Å²) < 4.78 is 0. The van der Waals surface area contributed by atoms with Crippen molar-refractivity contribution in [1.29, 1.82) is 0 Å². The molecule has 2 nitrogen and oxygen atoms in total. The van der Waals surface area contributed by atoms with E-state index in [1.165, 1.54) is 5.56 Å². The van der Waals surface area contributed by atoms with Crippen LogP contribution in [0.15, 0.2) is 54.6 Å². The Labute approximate surface area is 130 Å². The third-order valence-corrected chi connectivity index (χ3v) is 4.00. The zero-order chi connectivity index (χ0) is 15.1. The SMILES string of the molecule is O=C(O)C(CCCc1ccccc1)Cc1ccccc1Cl. The fourth-order valence-corrected chi connectivity index (χ4v) is 2.65. The first-order chi connectivity index (χ1) is 10.2. The molecule has 0 heterocycles. The summed E-state index contributed by atoms with van der Waals surface area (Å²) in [7, 11) is 0. The summed E-state index contributed by atoms with van der Waals surface area (Å²) in [4.78, 5) is 11.4. The highest BCUT2D eigenvalue weighted by Crippen LogP contribution is 2.22. The average Bonchev–Trinajstić information content (AvgIpc) is 2.49. The Bertz CT molecular complexity index is 581. The Morgan fingerprint density at radius 2 is 1.71 bits per heavy atom. The summed E-state index contributed by atoms with van der Waals surface area (Å²) in [5.74, 6) is -1.13. The standard InChI is InChI=1S/C18H19ClO2/c19-17-12-5-4-10-15(17)13-16(18(20)21)11-6-9-14-7-2-1-3-8-14/h1-5,7-8,10,12,16H,6,9,11,13H2,(H,20,21). The van der Waals surface area contributed by atoms with E-state index < -0.39 is 5.97 Å². The number of benzene rings is 2. The number of carboxylic acid groups (broad SMARTS) is 1. The van der Waals surface area contributed by atoms with Crippen LogP contribution in [0.4, 0.5) is 0 Å². The Hall–Kier alpha value is -1.80. The number of hydrogen-bond acceptors (Lipinski definition) is 1. The second-order valence-electron chi connectivity index (χ2n) is 5.21. The first-order valence-corrected chi connectivity index (χ1v) is 7.54. The van der Waals surface area contributed by atoms with Crippen LogP contribution in [0.5, 0.6) is 0 Å². The molecule has 0 aliphatic carbocycles. The van der Waals surface area contributed by atoms with Gasteiger partial charge in [0.25, 0.3) is 0 Å². The van der Waals surface area contributed by atoms with Gasteiger partial charge in [-0.1, -0.05) is 60.1 Å². The van der Waals surface area contributed by atoms with E-state index in [-0.39, 0.29) is 5.92 Å². The summed E-state index contributed by atoms with van der Waals surface area (Å²) in [5.41, 5.74) is 2.16. The van der Waals surface area contributed by atoms with Crippen molar-refractivity contribution in [2.45, 2.75) is 25.7 Å². The number of hydrogen-bond donors (Lipinski definition) is 1. The number of aliphatic carboxylic acids is 1. The minimum Gasteiger partial charge on any atom is -0.481 e. The van der Waals surface area contributed by atoms with E-state index in [0.29, 0.717) is 17.9 Å². The maximum atomic E-state index is 11.4. The van der Waals surface area contributed by atoms with Gasteiger partial charge >= 0.3 is 5.97 Å². The number of carboxylic acids is 1. The molecule has 0 aliphatic rings. The van der Waals surface area contributed by atoms with Crippen molar-refractivity contribution in [3.05, 3.63) is 70.7 Å². The summed E-state index contributed by atoms with van der Waals surface area (Å²) in [6.45, 7) is 0. The Morgan fingerprint density at radius 3 is 2.38 bits per heavy atom. The summed E-state index contributed by atoms with van der Waals surface area (Å²) in [6.07, 6.45) is 2.93. The lowest BCUT2D eigenvalue weighted by Crippen LogP contribution is -2.17. The Balaban J connectivity index is 1.91. The molecule has 1 unspecified atom stereocenters. The minimum absolute atomic E-state index is 0.381. The first-order valence-electron chi connectivity index (χ1n) is 7.17. The predicted molar refractivity (Wildman–Crippen MR) is 85.7 cm³/mol. The van der Waals surface area contributed by atoms with Gasteiger partial charge in [0.15, 0.2) is 0 Å². The molecule has 1 atom stereocenters. The molecule has 0 saturated carbocycles. The van der Waals surface area contributed by atoms with Gasteiger partial charge < -0.3 is 5.11 Å². The molecule has 2 aromatic carbocycles. The topological polar surface area (TPSA) is 37.3 Å². The van der Waals surface area contributed by atoms with E-state index >= 15 is 0 Å². The molecular weight excluding hydrogens is 284 g/mol. The van der Waals surface area contributed by atoms with Crippen molar-refractivity contribution in [3.8, 4) is 0 Å². The molecule has 0 aromatic heterocycles. The molecule has 0 amide bonds. The Kier molecular flexibility index (Phi) is 5.82. The third-order valence-electron chi connectivity index (χ3n) is 3.63. The zero-order valence-electron chi connectivity index (χ0n) is 11.8. The molecule has 21 heavy (non-hydrogen) atoms. The molecule has 0 bridgehead atoms. The van der Waals surface area contributed by atoms with E-state index in [9.17, 15) is 9.90 Å². The fourth-order valence-electron chi connectivity index (χ4n) is 2.44. The molecule has 2 aromatic rings. The number of carbonyl (C=O) groups is 1. The fraction of sp³-hybridized carbons (Fsp3) is 0.278. The van der Waals surface area contributed by atoms with Gasteiger partial charge in [0, 0.05) is 5.02 Å². The maximum absolute atomic E-state index is 11.4. The van der Waals surface area contributed by atoms with Gasteiger partial charge in [0.1, 0.15) is 0 Å². The molecule has 3 heteroatoms. The van der Waals surface area contributed by atoms with Gasteiger partial charge in [-0.3, -0.25) is 4.79 Å². The highest BCUT2D eigenvalue weighted by atomic mass is 35.5. The molecule has 2 rings (SSSR count). The molecule has 0 saturated heterocycles. The average molecular weight is 303 g/mol. The van der Waals surface area contributed by atoms with Crippen LogP contribution in [0.25, 0.3) is 0 Å². The Morgan fingerprint density at radius 1 is 1.05 bits per heavy atom. The highest BCUT2D eigenvalue weighted by Gasteiger charge is 2.18. The van der Waals surface area contributed by atoms with Crippen LogP contribution in [-0.4, -0.2) is 11.1 Å². The van der Waals surface area contributed by atoms with Crippen molar-refractivity contribution >= 4 is 17.6 Å². The highest BCUT2D eigenvalue weighted by molar-refractivity contribution is 6.31. The first kappa shape index (κ1) is 15.6. The van der Waals surface area contributed by atoms with Crippen LogP contribution in [0.1, 0.15) is 24.0 Å². The van der Waals surface area contributed by atoms with Crippen molar-refractivity contribution in [1.82, 2.24) is 0 Å². The molecule has 0 spiro atoms. The lowest BCUT2D eigenvalue weighted by Gasteiger charge is -2.13. The molecule has 110 valence electrons. The summed E-state index contributed by atoms with van der Waals surface area (Å²) >= 11 is 6.11. The normalized spacial score (nSPS) is 12.0. The van der Waals surface area contributed by atoms with Gasteiger partial charge in [-0.25, -0.2) is 0 Å². The number of aryl methyl sites for hydroxylation is 1. The van der Waals surface area contributed by atoms with E-state index in [1.54, 1.807) is 6.07 Å². The maximum Gasteiger partial charge on any atom is 0.306 e. The van der Waals surface area contributed by atoms with Crippen molar-refractivity contribution < 1.29 is 9.90 Å². The second-order valence-corrected chi connectivity index (χ2v) is 5.62. The summed E-state index contributed by atoms with van der Waals surface area (Å²) in [5, 5.41) is 10.0. The molecular formula is C18H19ClO2. The van der Waals surface area contributed by atoms with Gasteiger partial charge in [-0.2, -0.15) is 0 Å². The van der Waals surface area contributed by atoms with E-state index in [1.807, 2.05) is 36.4 Å². The van der Waals surface area contributed by atoms with Crippen molar-refractivity contribution in [3.63, 3.8) is 0 Å². The number of rotatable bonds is 7. The van der Waals surface area contributed by atoms with E-state index in [2.05, 4.69) is 12.1 Å². The zero-order valence-corrected chi connectivity index (χ0v) is 12.6. The van der Waals surface area contributed by atoms with Crippen LogP contribution >= 0.6 is 11.6 Å². The number of halogens is 1. The predicted octanol–water partition coefficient (Wildman–Crippen LogP) is 4.61. The van der Waals surface area contributed by atoms with Crippen LogP contribution in [-0.2, 0) is 17.6 Å².